The highest BCUT2D eigenvalue weighted by molar-refractivity contribution is 7.90. The van der Waals surface area contributed by atoms with Crippen LogP contribution in [0.3, 0.4) is 0 Å². The summed E-state index contributed by atoms with van der Waals surface area (Å²) in [5.41, 5.74) is 4.94. The highest BCUT2D eigenvalue weighted by Gasteiger charge is 2.26. The number of anilines is 2. The molecule has 0 atom stereocenters. The summed E-state index contributed by atoms with van der Waals surface area (Å²) in [4.78, 5) is 40.7. The van der Waals surface area contributed by atoms with E-state index in [2.05, 4.69) is 4.98 Å². The van der Waals surface area contributed by atoms with Gasteiger partial charge in [0.2, 0.25) is 0 Å². The minimum atomic E-state index is -3.69. The fourth-order valence-corrected chi connectivity index (χ4v) is 3.95. The first-order valence-electron chi connectivity index (χ1n) is 8.85. The molecule has 30 heavy (non-hydrogen) atoms. The lowest BCUT2D eigenvalue weighted by Crippen LogP contribution is -2.39. The Bertz CT molecular complexity index is 1330. The zero-order chi connectivity index (χ0) is 22.1. The van der Waals surface area contributed by atoms with E-state index in [-0.39, 0.29) is 28.5 Å². The number of rotatable bonds is 5. The summed E-state index contributed by atoms with van der Waals surface area (Å²) in [5, 5.41) is 0. The zero-order valence-electron chi connectivity index (χ0n) is 16.3. The van der Waals surface area contributed by atoms with Crippen LogP contribution in [-0.2, 0) is 16.4 Å². The summed E-state index contributed by atoms with van der Waals surface area (Å²) in [5.74, 6) is -0.960. The molecular weight excluding hydrogens is 408 g/mol. The lowest BCUT2D eigenvalue weighted by molar-refractivity contribution is 0.0989. The van der Waals surface area contributed by atoms with Gasteiger partial charge in [-0.2, -0.15) is 0 Å². The smallest absolute Gasteiger partial charge is 0.330 e. The maximum Gasteiger partial charge on any atom is 0.330 e. The number of hydrogen-bond donors (Lipinski definition) is 2. The van der Waals surface area contributed by atoms with Crippen molar-refractivity contribution in [1.29, 1.82) is 0 Å². The Morgan fingerprint density at radius 2 is 1.67 bits per heavy atom. The fraction of sp³-hybridized carbons (Fsp3) is 0.150. The summed E-state index contributed by atoms with van der Waals surface area (Å²) >= 11 is 0. The topological polar surface area (TPSA) is 135 Å². The monoisotopic (exact) mass is 428 g/mol. The van der Waals surface area contributed by atoms with Gasteiger partial charge in [-0.3, -0.25) is 19.1 Å². The molecular formula is C20H20N4O5S. The number of nitrogens with one attached hydrogen (secondary N) is 1. The third kappa shape index (κ3) is 4.03. The number of hydrogen-bond acceptors (Lipinski definition) is 6. The lowest BCUT2D eigenvalue weighted by atomic mass is 10.2. The molecule has 3 rings (SSSR count). The van der Waals surface area contributed by atoms with Gasteiger partial charge < -0.3 is 10.6 Å². The number of H-pyrrole nitrogens is 1. The van der Waals surface area contributed by atoms with E-state index in [4.69, 9.17) is 5.73 Å². The summed E-state index contributed by atoms with van der Waals surface area (Å²) < 4.78 is 25.2. The summed E-state index contributed by atoms with van der Waals surface area (Å²) in [7, 11) is -2.40. The van der Waals surface area contributed by atoms with Crippen LogP contribution in [-0.4, -0.2) is 37.2 Å². The number of nitrogens with two attached hydrogens (primary N) is 1. The number of nitrogen functional groups attached to an aromatic ring is 1. The number of benzene rings is 2. The van der Waals surface area contributed by atoms with Crippen molar-refractivity contribution >= 4 is 27.2 Å². The van der Waals surface area contributed by atoms with Crippen LogP contribution in [0.5, 0.6) is 0 Å². The molecule has 0 saturated carbocycles. The Kier molecular flexibility index (Phi) is 5.61. The van der Waals surface area contributed by atoms with Crippen molar-refractivity contribution in [3.05, 3.63) is 86.6 Å². The van der Waals surface area contributed by atoms with Gasteiger partial charge in [0.15, 0.2) is 15.5 Å². The first-order chi connectivity index (χ1) is 14.1. The number of amides is 1. The molecule has 0 spiro atoms. The van der Waals surface area contributed by atoms with Crippen LogP contribution in [0.1, 0.15) is 15.9 Å². The number of aromatic amines is 1. The van der Waals surface area contributed by atoms with Crippen LogP contribution >= 0.6 is 0 Å². The van der Waals surface area contributed by atoms with Crippen molar-refractivity contribution in [1.82, 2.24) is 9.55 Å². The van der Waals surface area contributed by atoms with Gasteiger partial charge in [0.25, 0.3) is 11.5 Å². The van der Waals surface area contributed by atoms with E-state index in [9.17, 15) is 22.8 Å². The van der Waals surface area contributed by atoms with Crippen LogP contribution in [0.2, 0.25) is 0 Å². The van der Waals surface area contributed by atoms with E-state index < -0.39 is 27.0 Å². The second-order valence-electron chi connectivity index (χ2n) is 6.70. The molecule has 3 aromatic rings. The molecule has 1 aromatic heterocycles. The van der Waals surface area contributed by atoms with Crippen LogP contribution in [0, 0.1) is 0 Å². The van der Waals surface area contributed by atoms with Crippen LogP contribution in [0.15, 0.2) is 69.1 Å². The van der Waals surface area contributed by atoms with Gasteiger partial charge in [-0.15, -0.1) is 0 Å². The van der Waals surface area contributed by atoms with Crippen molar-refractivity contribution in [2.75, 3.05) is 23.9 Å². The van der Waals surface area contributed by atoms with Gasteiger partial charge in [0, 0.05) is 13.3 Å². The maximum absolute atomic E-state index is 13.0. The van der Waals surface area contributed by atoms with Gasteiger partial charge >= 0.3 is 5.69 Å². The van der Waals surface area contributed by atoms with E-state index >= 15 is 0 Å². The van der Waals surface area contributed by atoms with Gasteiger partial charge in [-0.25, -0.2) is 13.2 Å². The normalized spacial score (nSPS) is 11.3. The van der Waals surface area contributed by atoms with Gasteiger partial charge in [-0.05, 0) is 17.7 Å². The van der Waals surface area contributed by atoms with E-state index in [1.165, 1.54) is 31.3 Å². The molecule has 0 unspecified atom stereocenters. The second kappa shape index (κ2) is 7.99. The Morgan fingerprint density at radius 1 is 1.07 bits per heavy atom. The number of sulfone groups is 1. The van der Waals surface area contributed by atoms with Crippen molar-refractivity contribution < 1.29 is 13.2 Å². The quantitative estimate of drug-likeness (QED) is 0.618. The van der Waals surface area contributed by atoms with Crippen molar-refractivity contribution in [3.8, 4) is 0 Å². The Labute approximate surface area is 172 Å². The van der Waals surface area contributed by atoms with E-state index in [0.717, 1.165) is 21.3 Å². The number of nitrogens with zero attached hydrogens (tertiary/aromatic N) is 2. The molecule has 0 aliphatic carbocycles. The van der Waals surface area contributed by atoms with Gasteiger partial charge in [-0.1, -0.05) is 42.5 Å². The summed E-state index contributed by atoms with van der Waals surface area (Å²) in [6, 6.07) is 14.6. The maximum atomic E-state index is 13.0. The molecule has 3 N–H and O–H groups in total. The largest absolute Gasteiger partial charge is 0.383 e. The molecule has 10 heteroatoms. The number of aromatic nitrogens is 2. The standard InChI is InChI=1S/C20H20N4O5S/c1-23(19(26)14-10-6-7-11-15(14)30(2,28)29)16-17(21)24(20(27)22-18(16)25)12-13-8-4-3-5-9-13/h3-11H,12,21H2,1-2H3,(H,22,25,27). The lowest BCUT2D eigenvalue weighted by Gasteiger charge is -2.21. The third-order valence-electron chi connectivity index (χ3n) is 4.55. The molecule has 0 bridgehead atoms. The average molecular weight is 428 g/mol. The van der Waals surface area contributed by atoms with Crippen LogP contribution in [0.4, 0.5) is 11.5 Å². The summed E-state index contributed by atoms with van der Waals surface area (Å²) in [6.07, 6.45) is 0.986. The first kappa shape index (κ1) is 21.1. The molecule has 1 amide bonds. The molecule has 1 heterocycles. The molecule has 156 valence electrons. The van der Waals surface area contributed by atoms with Gasteiger partial charge in [0.1, 0.15) is 5.82 Å². The highest BCUT2D eigenvalue weighted by Crippen LogP contribution is 2.22. The van der Waals surface area contributed by atoms with Crippen LogP contribution < -0.4 is 21.9 Å². The van der Waals surface area contributed by atoms with Crippen LogP contribution in [0.25, 0.3) is 0 Å². The summed E-state index contributed by atoms with van der Waals surface area (Å²) in [6.45, 7) is 0.0806. The molecule has 0 aliphatic rings. The van der Waals surface area contributed by atoms with E-state index in [1.54, 1.807) is 24.3 Å². The first-order valence-corrected chi connectivity index (χ1v) is 10.7. The van der Waals surface area contributed by atoms with E-state index in [0.29, 0.717) is 0 Å². The van der Waals surface area contributed by atoms with E-state index in [1.807, 2.05) is 6.07 Å². The Morgan fingerprint density at radius 3 is 2.30 bits per heavy atom. The van der Waals surface area contributed by atoms with Gasteiger partial charge in [0.05, 0.1) is 17.0 Å². The molecule has 0 saturated heterocycles. The predicted molar refractivity (Wildman–Crippen MR) is 114 cm³/mol. The minimum Gasteiger partial charge on any atom is -0.383 e. The average Bonchev–Trinajstić information content (AvgIpc) is 2.70. The van der Waals surface area contributed by atoms with Crippen molar-refractivity contribution in [2.24, 2.45) is 0 Å². The molecule has 9 nitrogen and oxygen atoms in total. The highest BCUT2D eigenvalue weighted by atomic mass is 32.2. The molecule has 0 aliphatic heterocycles. The Hall–Kier alpha value is -3.66. The van der Waals surface area contributed by atoms with Crippen molar-refractivity contribution in [2.45, 2.75) is 11.4 Å². The molecule has 2 aromatic carbocycles. The van der Waals surface area contributed by atoms with Crippen molar-refractivity contribution in [3.63, 3.8) is 0 Å². The second-order valence-corrected chi connectivity index (χ2v) is 8.68. The SMILES string of the molecule is CN(C(=O)c1ccccc1S(C)(=O)=O)c1c(N)n(Cc2ccccc2)c(=O)[nH]c1=O. The Balaban J connectivity index is 2.10. The molecule has 0 radical (unpaired) electrons. The zero-order valence-corrected chi connectivity index (χ0v) is 17.1. The number of carbonyl (C=O) groups excluding carboxylic acids is 1. The minimum absolute atomic E-state index is 0.0806. The fourth-order valence-electron chi connectivity index (χ4n) is 3.07. The third-order valence-corrected chi connectivity index (χ3v) is 5.71. The molecule has 0 fully saturated rings. The number of carbonyl (C=O) groups is 1. The predicted octanol–water partition coefficient (Wildman–Crippen LogP) is 0.847.